The molecule has 134 valence electrons. The van der Waals surface area contributed by atoms with Gasteiger partial charge in [0, 0.05) is 50.0 Å². The highest BCUT2D eigenvalue weighted by atomic mass is 32.2. The fourth-order valence-corrected chi connectivity index (χ4v) is 5.65. The molecule has 25 heavy (non-hydrogen) atoms. The molecule has 1 aromatic rings. The minimum atomic E-state index is -3.08. The number of rotatable bonds is 3. The zero-order chi connectivity index (χ0) is 17.4. The molecule has 1 amide bonds. The van der Waals surface area contributed by atoms with E-state index in [1.54, 1.807) is 6.08 Å². The van der Waals surface area contributed by atoms with Gasteiger partial charge in [-0.2, -0.15) is 0 Å². The number of hydrogen-bond acceptors (Lipinski definition) is 4. The van der Waals surface area contributed by atoms with Gasteiger partial charge in [-0.15, -0.1) is 0 Å². The van der Waals surface area contributed by atoms with E-state index in [2.05, 4.69) is 29.2 Å². The molecule has 4 rings (SSSR count). The molecule has 0 radical (unpaired) electrons. The van der Waals surface area contributed by atoms with Crippen molar-refractivity contribution in [3.63, 3.8) is 0 Å². The molecular weight excluding hydrogens is 336 g/mol. The average molecular weight is 360 g/mol. The Morgan fingerprint density at radius 2 is 1.68 bits per heavy atom. The van der Waals surface area contributed by atoms with Gasteiger partial charge >= 0.3 is 0 Å². The number of fused-ring (bicyclic) bond motifs is 1. The maximum absolute atomic E-state index is 12.5. The molecule has 0 unspecified atom stereocenters. The fourth-order valence-electron chi connectivity index (χ4n) is 4.25. The third-order valence-corrected chi connectivity index (χ3v) is 7.12. The lowest BCUT2D eigenvalue weighted by Crippen LogP contribution is -2.52. The summed E-state index contributed by atoms with van der Waals surface area (Å²) in [6.45, 7) is 3.30. The highest BCUT2D eigenvalue weighted by Crippen LogP contribution is 2.26. The molecule has 0 N–H and O–H groups in total. The van der Waals surface area contributed by atoms with Crippen LogP contribution in [0.5, 0.6) is 0 Å². The second kappa shape index (κ2) is 6.57. The van der Waals surface area contributed by atoms with Crippen LogP contribution in [0.4, 0.5) is 0 Å². The molecule has 6 heteroatoms. The van der Waals surface area contributed by atoms with Gasteiger partial charge in [-0.1, -0.05) is 30.3 Å². The van der Waals surface area contributed by atoms with Gasteiger partial charge in [-0.05, 0) is 24.0 Å². The summed E-state index contributed by atoms with van der Waals surface area (Å²) < 4.78 is 22.9. The Morgan fingerprint density at radius 3 is 2.24 bits per heavy atom. The molecule has 1 atom stereocenters. The number of carbonyl (C=O) groups excluding carboxylic acids is 1. The summed E-state index contributed by atoms with van der Waals surface area (Å²) in [5.41, 5.74) is 2.92. The number of hydrogen-bond donors (Lipinski definition) is 0. The molecule has 1 aliphatic carbocycles. The highest BCUT2D eigenvalue weighted by Gasteiger charge is 2.31. The summed E-state index contributed by atoms with van der Waals surface area (Å²) in [6.07, 6.45) is 4.19. The lowest BCUT2D eigenvalue weighted by Gasteiger charge is -2.38. The normalized spacial score (nSPS) is 26.1. The van der Waals surface area contributed by atoms with Crippen molar-refractivity contribution in [2.45, 2.75) is 25.3 Å². The first-order valence-corrected chi connectivity index (χ1v) is 10.7. The molecule has 0 bridgehead atoms. The van der Waals surface area contributed by atoms with E-state index in [4.69, 9.17) is 0 Å². The van der Waals surface area contributed by atoms with Crippen molar-refractivity contribution in [3.05, 3.63) is 46.9 Å². The van der Waals surface area contributed by atoms with Crippen LogP contribution >= 0.6 is 0 Å². The van der Waals surface area contributed by atoms with Crippen LogP contribution in [0, 0.1) is 5.92 Å². The van der Waals surface area contributed by atoms with Gasteiger partial charge in [0.2, 0.25) is 5.91 Å². The van der Waals surface area contributed by atoms with Crippen molar-refractivity contribution in [1.82, 2.24) is 9.80 Å². The average Bonchev–Trinajstić information content (AvgIpc) is 3.18. The summed E-state index contributed by atoms with van der Waals surface area (Å²) in [4.78, 5) is 16.9. The first-order chi connectivity index (χ1) is 12.0. The summed E-state index contributed by atoms with van der Waals surface area (Å²) in [5.74, 6) is 0.0138. The van der Waals surface area contributed by atoms with Crippen molar-refractivity contribution >= 4 is 15.7 Å². The lowest BCUT2D eigenvalue weighted by molar-refractivity contribution is -0.133. The Balaban J connectivity index is 1.28. The third kappa shape index (κ3) is 3.65. The van der Waals surface area contributed by atoms with E-state index < -0.39 is 9.84 Å². The van der Waals surface area contributed by atoms with Crippen LogP contribution in [-0.4, -0.2) is 62.1 Å². The Hall–Kier alpha value is -1.66. The number of sulfone groups is 1. The quantitative estimate of drug-likeness (QED) is 0.814. The van der Waals surface area contributed by atoms with Gasteiger partial charge in [0.15, 0.2) is 9.84 Å². The predicted molar refractivity (Wildman–Crippen MR) is 96.8 cm³/mol. The maximum atomic E-state index is 12.5. The van der Waals surface area contributed by atoms with Crippen molar-refractivity contribution in [2.75, 3.05) is 31.9 Å². The SMILES string of the molecule is O=C(C[C@H]1C=CS(=O)(=O)C1)N1CCN(C2Cc3ccccc3C2)CC1. The van der Waals surface area contributed by atoms with E-state index in [-0.39, 0.29) is 17.6 Å². The van der Waals surface area contributed by atoms with E-state index in [1.165, 1.54) is 16.5 Å². The fraction of sp³-hybridized carbons (Fsp3) is 0.526. The zero-order valence-corrected chi connectivity index (χ0v) is 15.1. The Kier molecular flexibility index (Phi) is 4.41. The number of carbonyl (C=O) groups is 1. The number of amides is 1. The van der Waals surface area contributed by atoms with Crippen molar-refractivity contribution in [2.24, 2.45) is 5.92 Å². The van der Waals surface area contributed by atoms with Gasteiger partial charge in [0.1, 0.15) is 0 Å². The van der Waals surface area contributed by atoms with Gasteiger partial charge < -0.3 is 4.90 Å². The molecule has 1 saturated heterocycles. The van der Waals surface area contributed by atoms with Crippen molar-refractivity contribution < 1.29 is 13.2 Å². The molecule has 5 nitrogen and oxygen atoms in total. The highest BCUT2D eigenvalue weighted by molar-refractivity contribution is 7.94. The number of nitrogens with zero attached hydrogens (tertiary/aromatic N) is 2. The molecule has 0 aromatic heterocycles. The second-order valence-electron chi connectivity index (χ2n) is 7.37. The largest absolute Gasteiger partial charge is 0.340 e. The minimum absolute atomic E-state index is 0.0824. The molecule has 1 fully saturated rings. The van der Waals surface area contributed by atoms with Crippen LogP contribution in [0.15, 0.2) is 35.7 Å². The van der Waals surface area contributed by atoms with Crippen LogP contribution < -0.4 is 0 Å². The van der Waals surface area contributed by atoms with Crippen LogP contribution in [-0.2, 0) is 27.5 Å². The topological polar surface area (TPSA) is 57.7 Å². The van der Waals surface area contributed by atoms with Gasteiger partial charge in [-0.3, -0.25) is 9.69 Å². The van der Waals surface area contributed by atoms with Crippen LogP contribution in [0.1, 0.15) is 17.5 Å². The number of piperazine rings is 1. The first-order valence-electron chi connectivity index (χ1n) is 9.00. The Morgan fingerprint density at radius 1 is 1.04 bits per heavy atom. The number of benzene rings is 1. The molecule has 3 aliphatic rings. The summed E-state index contributed by atoms with van der Waals surface area (Å²) in [7, 11) is -3.08. The van der Waals surface area contributed by atoms with Crippen molar-refractivity contribution in [1.29, 1.82) is 0 Å². The van der Waals surface area contributed by atoms with E-state index in [0.29, 0.717) is 12.5 Å². The summed E-state index contributed by atoms with van der Waals surface area (Å²) >= 11 is 0. The third-order valence-electron chi connectivity index (χ3n) is 5.65. The van der Waals surface area contributed by atoms with Crippen LogP contribution in [0.25, 0.3) is 0 Å². The molecule has 0 spiro atoms. The standard InChI is InChI=1S/C19H24N2O3S/c22-19(11-15-5-10-25(23,24)14-15)21-8-6-20(7-9-21)18-12-16-3-1-2-4-17(16)13-18/h1-5,10,15,18H,6-9,11-14H2/t15-/m1/s1. The molecule has 1 aromatic carbocycles. The zero-order valence-electron chi connectivity index (χ0n) is 14.3. The second-order valence-corrected chi connectivity index (χ2v) is 9.30. The monoisotopic (exact) mass is 360 g/mol. The van der Waals surface area contributed by atoms with E-state index >= 15 is 0 Å². The van der Waals surface area contributed by atoms with Gasteiger partial charge in [0.25, 0.3) is 0 Å². The molecule has 2 aliphatic heterocycles. The predicted octanol–water partition coefficient (Wildman–Crippen LogP) is 1.25. The summed E-state index contributed by atoms with van der Waals surface area (Å²) in [6, 6.07) is 9.21. The molecule has 0 saturated carbocycles. The van der Waals surface area contributed by atoms with E-state index in [0.717, 1.165) is 39.0 Å². The maximum Gasteiger partial charge on any atom is 0.223 e. The first kappa shape index (κ1) is 16.8. The Bertz CT molecular complexity index is 770. The molecular formula is C19H24N2O3S. The van der Waals surface area contributed by atoms with Gasteiger partial charge in [0.05, 0.1) is 5.75 Å². The lowest BCUT2D eigenvalue weighted by atomic mass is 10.1. The van der Waals surface area contributed by atoms with E-state index in [9.17, 15) is 13.2 Å². The van der Waals surface area contributed by atoms with Gasteiger partial charge in [-0.25, -0.2) is 8.42 Å². The number of allylic oxidation sites excluding steroid dienone is 1. The summed E-state index contributed by atoms with van der Waals surface area (Å²) in [5, 5.41) is 1.25. The van der Waals surface area contributed by atoms with E-state index in [1.807, 2.05) is 4.90 Å². The van der Waals surface area contributed by atoms with Crippen LogP contribution in [0.3, 0.4) is 0 Å². The minimum Gasteiger partial charge on any atom is -0.340 e. The molecule has 2 heterocycles. The smallest absolute Gasteiger partial charge is 0.223 e. The van der Waals surface area contributed by atoms with Crippen molar-refractivity contribution in [3.8, 4) is 0 Å². The Labute approximate surface area is 149 Å². The van der Waals surface area contributed by atoms with Crippen LogP contribution in [0.2, 0.25) is 0 Å².